The smallest absolute Gasteiger partial charge is 0.125 e. The van der Waals surface area contributed by atoms with Gasteiger partial charge in [0, 0.05) is 12.6 Å². The maximum absolute atomic E-state index is 6.11. The second kappa shape index (κ2) is 7.12. The van der Waals surface area contributed by atoms with E-state index in [4.69, 9.17) is 4.74 Å². The summed E-state index contributed by atoms with van der Waals surface area (Å²) in [5.41, 5.74) is 3.88. The SMILES string of the molecule is Cc1cc(CNC(C)C)cc(C)c1OCC1CCCC1. The molecule has 0 radical (unpaired) electrons. The lowest BCUT2D eigenvalue weighted by Crippen LogP contribution is -2.22. The fourth-order valence-electron chi connectivity index (χ4n) is 3.07. The normalized spacial score (nSPS) is 16.1. The van der Waals surface area contributed by atoms with Crippen molar-refractivity contribution < 1.29 is 4.74 Å². The number of nitrogens with one attached hydrogen (secondary N) is 1. The van der Waals surface area contributed by atoms with Gasteiger partial charge in [-0.2, -0.15) is 0 Å². The maximum Gasteiger partial charge on any atom is 0.125 e. The van der Waals surface area contributed by atoms with Crippen LogP contribution in [-0.2, 0) is 6.54 Å². The Morgan fingerprint density at radius 2 is 1.75 bits per heavy atom. The van der Waals surface area contributed by atoms with Crippen molar-refractivity contribution in [3.63, 3.8) is 0 Å². The lowest BCUT2D eigenvalue weighted by atomic mass is 10.0. The highest BCUT2D eigenvalue weighted by atomic mass is 16.5. The van der Waals surface area contributed by atoms with E-state index >= 15 is 0 Å². The molecule has 0 aromatic heterocycles. The zero-order chi connectivity index (χ0) is 14.5. The third-order valence-electron chi connectivity index (χ3n) is 4.17. The first-order valence-electron chi connectivity index (χ1n) is 8.02. The largest absolute Gasteiger partial charge is 0.493 e. The minimum absolute atomic E-state index is 0.522. The lowest BCUT2D eigenvalue weighted by molar-refractivity contribution is 0.249. The Balaban J connectivity index is 1.98. The molecule has 112 valence electrons. The summed E-state index contributed by atoms with van der Waals surface area (Å²) in [5, 5.41) is 3.47. The minimum atomic E-state index is 0.522. The van der Waals surface area contributed by atoms with Crippen molar-refractivity contribution in [1.29, 1.82) is 0 Å². The summed E-state index contributed by atoms with van der Waals surface area (Å²) in [7, 11) is 0. The van der Waals surface area contributed by atoms with Gasteiger partial charge >= 0.3 is 0 Å². The van der Waals surface area contributed by atoms with Crippen molar-refractivity contribution >= 4 is 0 Å². The summed E-state index contributed by atoms with van der Waals surface area (Å²) in [4.78, 5) is 0. The first-order chi connectivity index (χ1) is 9.56. The topological polar surface area (TPSA) is 21.3 Å². The van der Waals surface area contributed by atoms with Crippen LogP contribution in [0.5, 0.6) is 5.75 Å². The van der Waals surface area contributed by atoms with Crippen LogP contribution < -0.4 is 10.1 Å². The third kappa shape index (κ3) is 4.24. The molecule has 0 atom stereocenters. The molecule has 2 nitrogen and oxygen atoms in total. The Hall–Kier alpha value is -1.02. The molecule has 0 amide bonds. The molecule has 1 N–H and O–H groups in total. The average molecular weight is 275 g/mol. The van der Waals surface area contributed by atoms with Gasteiger partial charge in [0.25, 0.3) is 0 Å². The lowest BCUT2D eigenvalue weighted by Gasteiger charge is -2.17. The molecular formula is C18H29NO. The maximum atomic E-state index is 6.11. The van der Waals surface area contributed by atoms with Crippen molar-refractivity contribution in [3.8, 4) is 5.75 Å². The van der Waals surface area contributed by atoms with Gasteiger partial charge in [0.2, 0.25) is 0 Å². The first-order valence-corrected chi connectivity index (χ1v) is 8.02. The van der Waals surface area contributed by atoms with E-state index in [9.17, 15) is 0 Å². The van der Waals surface area contributed by atoms with Gasteiger partial charge in [-0.25, -0.2) is 0 Å². The monoisotopic (exact) mass is 275 g/mol. The number of rotatable bonds is 6. The molecule has 2 rings (SSSR count). The Morgan fingerprint density at radius 1 is 1.15 bits per heavy atom. The van der Waals surface area contributed by atoms with Crippen LogP contribution in [0.3, 0.4) is 0 Å². The van der Waals surface area contributed by atoms with Gasteiger partial charge in [-0.1, -0.05) is 38.8 Å². The highest BCUT2D eigenvalue weighted by Crippen LogP contribution is 2.29. The van der Waals surface area contributed by atoms with E-state index in [1.165, 1.54) is 42.4 Å². The van der Waals surface area contributed by atoms with E-state index in [1.807, 2.05) is 0 Å². The molecule has 1 aliphatic carbocycles. The molecule has 20 heavy (non-hydrogen) atoms. The fourth-order valence-corrected chi connectivity index (χ4v) is 3.07. The summed E-state index contributed by atoms with van der Waals surface area (Å²) in [6.45, 7) is 10.5. The minimum Gasteiger partial charge on any atom is -0.493 e. The Labute approximate surface area is 123 Å². The first kappa shape index (κ1) is 15.4. The van der Waals surface area contributed by atoms with Gasteiger partial charge in [-0.15, -0.1) is 0 Å². The molecule has 1 aromatic carbocycles. The van der Waals surface area contributed by atoms with Gasteiger partial charge in [0.05, 0.1) is 6.61 Å². The highest BCUT2D eigenvalue weighted by molar-refractivity contribution is 5.43. The van der Waals surface area contributed by atoms with Gasteiger partial charge < -0.3 is 10.1 Å². The summed E-state index contributed by atoms with van der Waals surface area (Å²) in [6, 6.07) is 5.03. The molecule has 0 unspecified atom stereocenters. The fraction of sp³-hybridized carbons (Fsp3) is 0.667. The zero-order valence-corrected chi connectivity index (χ0v) is 13.5. The van der Waals surface area contributed by atoms with E-state index in [2.05, 4.69) is 45.1 Å². The van der Waals surface area contributed by atoms with E-state index in [0.29, 0.717) is 6.04 Å². The van der Waals surface area contributed by atoms with Gasteiger partial charge in [-0.3, -0.25) is 0 Å². The molecular weight excluding hydrogens is 246 g/mol. The molecule has 1 aromatic rings. The second-order valence-corrected chi connectivity index (χ2v) is 6.56. The summed E-state index contributed by atoms with van der Waals surface area (Å²) in [5.74, 6) is 1.88. The number of aryl methyl sites for hydroxylation is 2. The quantitative estimate of drug-likeness (QED) is 0.832. The van der Waals surface area contributed by atoms with Crippen molar-refractivity contribution in [1.82, 2.24) is 5.32 Å². The molecule has 1 aliphatic rings. The van der Waals surface area contributed by atoms with E-state index in [-0.39, 0.29) is 0 Å². The molecule has 0 saturated heterocycles. The van der Waals surface area contributed by atoms with Crippen molar-refractivity contribution in [2.45, 2.75) is 66.0 Å². The Bertz CT molecular complexity index is 410. The third-order valence-corrected chi connectivity index (χ3v) is 4.17. The van der Waals surface area contributed by atoms with E-state index < -0.39 is 0 Å². The summed E-state index contributed by atoms with van der Waals surface area (Å²) >= 11 is 0. The molecule has 0 spiro atoms. The molecule has 2 heteroatoms. The Morgan fingerprint density at radius 3 is 2.30 bits per heavy atom. The highest BCUT2D eigenvalue weighted by Gasteiger charge is 2.16. The molecule has 0 bridgehead atoms. The van der Waals surface area contributed by atoms with Crippen LogP contribution in [-0.4, -0.2) is 12.6 Å². The van der Waals surface area contributed by atoms with Crippen LogP contribution in [0.1, 0.15) is 56.2 Å². The number of hydrogen-bond donors (Lipinski definition) is 1. The standard InChI is InChI=1S/C18H29NO/c1-13(2)19-11-17-9-14(3)18(15(4)10-17)20-12-16-7-5-6-8-16/h9-10,13,16,19H,5-8,11-12H2,1-4H3. The second-order valence-electron chi connectivity index (χ2n) is 6.56. The molecule has 1 saturated carbocycles. The molecule has 0 aliphatic heterocycles. The number of ether oxygens (including phenoxy) is 1. The molecule has 0 heterocycles. The average Bonchev–Trinajstić information content (AvgIpc) is 2.88. The molecule has 1 fully saturated rings. The summed E-state index contributed by atoms with van der Waals surface area (Å²) < 4.78 is 6.11. The van der Waals surface area contributed by atoms with Crippen molar-refractivity contribution in [2.24, 2.45) is 5.92 Å². The van der Waals surface area contributed by atoms with E-state index in [1.54, 1.807) is 0 Å². The van der Waals surface area contributed by atoms with Crippen LogP contribution in [0.2, 0.25) is 0 Å². The van der Waals surface area contributed by atoms with Crippen LogP contribution in [0.15, 0.2) is 12.1 Å². The van der Waals surface area contributed by atoms with Crippen LogP contribution in [0.25, 0.3) is 0 Å². The Kier molecular flexibility index (Phi) is 5.47. The van der Waals surface area contributed by atoms with Gasteiger partial charge in [0.1, 0.15) is 5.75 Å². The van der Waals surface area contributed by atoms with Gasteiger partial charge in [0.15, 0.2) is 0 Å². The predicted octanol–water partition coefficient (Wildman–Crippen LogP) is 4.37. The van der Waals surface area contributed by atoms with Crippen molar-refractivity contribution in [3.05, 3.63) is 28.8 Å². The zero-order valence-electron chi connectivity index (χ0n) is 13.5. The number of hydrogen-bond acceptors (Lipinski definition) is 2. The van der Waals surface area contributed by atoms with Crippen LogP contribution in [0, 0.1) is 19.8 Å². The van der Waals surface area contributed by atoms with Gasteiger partial charge in [-0.05, 0) is 49.3 Å². The van der Waals surface area contributed by atoms with Crippen LogP contribution >= 0.6 is 0 Å². The van der Waals surface area contributed by atoms with Crippen LogP contribution in [0.4, 0.5) is 0 Å². The number of benzene rings is 1. The van der Waals surface area contributed by atoms with Crippen molar-refractivity contribution in [2.75, 3.05) is 6.61 Å². The van der Waals surface area contributed by atoms with E-state index in [0.717, 1.165) is 24.8 Å². The summed E-state index contributed by atoms with van der Waals surface area (Å²) in [6.07, 6.45) is 5.45. The predicted molar refractivity (Wildman–Crippen MR) is 85.3 cm³/mol.